The van der Waals surface area contributed by atoms with Gasteiger partial charge in [-0.1, -0.05) is 0 Å². The van der Waals surface area contributed by atoms with Crippen molar-refractivity contribution in [2.45, 2.75) is 12.5 Å². The molecule has 1 heterocycles. The van der Waals surface area contributed by atoms with Crippen molar-refractivity contribution in [1.82, 2.24) is 5.32 Å². The van der Waals surface area contributed by atoms with Crippen LogP contribution in [0.3, 0.4) is 0 Å². The monoisotopic (exact) mass is 325 g/mol. The minimum atomic E-state index is 0. The van der Waals surface area contributed by atoms with Crippen molar-refractivity contribution in [3.63, 3.8) is 0 Å². The molecule has 0 unspecified atom stereocenters. The van der Waals surface area contributed by atoms with E-state index in [4.69, 9.17) is 4.74 Å². The van der Waals surface area contributed by atoms with Crippen LogP contribution in [0, 0.1) is 3.57 Å². The standard InChI is InChI=1S/C10H12INO.ClH/c11-8-1-3-9(4-2-8)13-10-5-6-12-7-10;/h1-4,10,12H,5-7H2;1H/t10-;/m0./s1. The largest absolute Gasteiger partial charge is 0.489 e. The van der Waals surface area contributed by atoms with Crippen LogP contribution >= 0.6 is 35.0 Å². The molecule has 2 nitrogen and oxygen atoms in total. The van der Waals surface area contributed by atoms with E-state index in [1.165, 1.54) is 3.57 Å². The SMILES string of the molecule is Cl.Ic1ccc(O[C@H]2CCNC2)cc1. The van der Waals surface area contributed by atoms with E-state index in [2.05, 4.69) is 40.0 Å². The lowest BCUT2D eigenvalue weighted by atomic mass is 10.3. The minimum absolute atomic E-state index is 0. The molecule has 1 aromatic carbocycles. The maximum atomic E-state index is 5.76. The van der Waals surface area contributed by atoms with Crippen LogP contribution in [0.2, 0.25) is 0 Å². The topological polar surface area (TPSA) is 21.3 Å². The second-order valence-electron chi connectivity index (χ2n) is 3.19. The van der Waals surface area contributed by atoms with Crippen LogP contribution in [0.1, 0.15) is 6.42 Å². The van der Waals surface area contributed by atoms with Crippen LogP contribution in [0.5, 0.6) is 5.75 Å². The predicted octanol–water partition coefficient (Wildman–Crippen LogP) is 2.45. The Morgan fingerprint density at radius 3 is 2.57 bits per heavy atom. The molecule has 0 spiro atoms. The molecule has 0 radical (unpaired) electrons. The van der Waals surface area contributed by atoms with Crippen molar-refractivity contribution < 1.29 is 4.74 Å². The van der Waals surface area contributed by atoms with Gasteiger partial charge in [0.1, 0.15) is 11.9 Å². The molecule has 0 amide bonds. The quantitative estimate of drug-likeness (QED) is 0.844. The summed E-state index contributed by atoms with van der Waals surface area (Å²) in [5.74, 6) is 0.981. The van der Waals surface area contributed by atoms with Crippen LogP contribution in [-0.2, 0) is 0 Å². The minimum Gasteiger partial charge on any atom is -0.489 e. The zero-order valence-corrected chi connectivity index (χ0v) is 10.7. The Morgan fingerprint density at radius 1 is 1.29 bits per heavy atom. The number of hydrogen-bond donors (Lipinski definition) is 1. The average molecular weight is 326 g/mol. The number of hydrogen-bond acceptors (Lipinski definition) is 2. The molecule has 1 aromatic rings. The fraction of sp³-hybridized carbons (Fsp3) is 0.400. The Hall–Kier alpha value is 0. The average Bonchev–Trinajstić information content (AvgIpc) is 2.62. The summed E-state index contributed by atoms with van der Waals surface area (Å²) >= 11 is 2.29. The second-order valence-corrected chi connectivity index (χ2v) is 4.43. The van der Waals surface area contributed by atoms with E-state index in [-0.39, 0.29) is 12.4 Å². The van der Waals surface area contributed by atoms with Crippen molar-refractivity contribution in [1.29, 1.82) is 0 Å². The number of halogens is 2. The molecule has 2 rings (SSSR count). The first-order chi connectivity index (χ1) is 6.34. The molecule has 14 heavy (non-hydrogen) atoms. The lowest BCUT2D eigenvalue weighted by molar-refractivity contribution is 0.223. The summed E-state index contributed by atoms with van der Waals surface area (Å²) in [5.41, 5.74) is 0. The highest BCUT2D eigenvalue weighted by Gasteiger charge is 2.15. The summed E-state index contributed by atoms with van der Waals surface area (Å²) in [5, 5.41) is 3.28. The first kappa shape index (κ1) is 12.1. The van der Waals surface area contributed by atoms with Gasteiger partial charge in [-0.05, 0) is 59.8 Å². The maximum Gasteiger partial charge on any atom is 0.119 e. The first-order valence-electron chi connectivity index (χ1n) is 4.47. The highest BCUT2D eigenvalue weighted by molar-refractivity contribution is 14.1. The molecule has 1 saturated heterocycles. The number of nitrogens with one attached hydrogen (secondary N) is 1. The van der Waals surface area contributed by atoms with Gasteiger partial charge in [0.2, 0.25) is 0 Å². The van der Waals surface area contributed by atoms with Crippen molar-refractivity contribution in [2.24, 2.45) is 0 Å². The zero-order chi connectivity index (χ0) is 9.10. The number of ether oxygens (including phenoxy) is 1. The fourth-order valence-corrected chi connectivity index (χ4v) is 1.79. The van der Waals surface area contributed by atoms with Gasteiger partial charge in [0.25, 0.3) is 0 Å². The first-order valence-corrected chi connectivity index (χ1v) is 5.55. The number of benzene rings is 1. The molecule has 1 aliphatic heterocycles. The highest BCUT2D eigenvalue weighted by Crippen LogP contribution is 2.16. The van der Waals surface area contributed by atoms with E-state index in [1.54, 1.807) is 0 Å². The van der Waals surface area contributed by atoms with E-state index >= 15 is 0 Å². The third-order valence-corrected chi connectivity index (χ3v) is 2.85. The molecule has 1 atom stereocenters. The molecule has 0 bridgehead atoms. The Bertz CT molecular complexity index is 272. The van der Waals surface area contributed by atoms with E-state index < -0.39 is 0 Å². The van der Waals surface area contributed by atoms with Crippen molar-refractivity contribution in [3.05, 3.63) is 27.8 Å². The lowest BCUT2D eigenvalue weighted by Crippen LogP contribution is -2.19. The summed E-state index contributed by atoms with van der Waals surface area (Å²) in [7, 11) is 0. The van der Waals surface area contributed by atoms with Gasteiger partial charge >= 0.3 is 0 Å². The van der Waals surface area contributed by atoms with Crippen LogP contribution in [-0.4, -0.2) is 19.2 Å². The highest BCUT2D eigenvalue weighted by atomic mass is 127. The van der Waals surface area contributed by atoms with Crippen molar-refractivity contribution in [2.75, 3.05) is 13.1 Å². The van der Waals surface area contributed by atoms with Crippen LogP contribution < -0.4 is 10.1 Å². The van der Waals surface area contributed by atoms with Gasteiger partial charge in [-0.25, -0.2) is 0 Å². The zero-order valence-electron chi connectivity index (χ0n) is 7.70. The maximum absolute atomic E-state index is 5.76. The third kappa shape index (κ3) is 3.29. The van der Waals surface area contributed by atoms with E-state index in [0.29, 0.717) is 6.10 Å². The molecular formula is C10H13ClINO. The van der Waals surface area contributed by atoms with E-state index in [1.807, 2.05) is 12.1 Å². The van der Waals surface area contributed by atoms with Crippen LogP contribution in [0.15, 0.2) is 24.3 Å². The second kappa shape index (κ2) is 5.78. The number of rotatable bonds is 2. The van der Waals surface area contributed by atoms with Gasteiger partial charge in [-0.15, -0.1) is 12.4 Å². The summed E-state index contributed by atoms with van der Waals surface area (Å²) in [6.45, 7) is 2.06. The molecule has 78 valence electrons. The van der Waals surface area contributed by atoms with Gasteiger partial charge in [0.15, 0.2) is 0 Å². The predicted molar refractivity (Wildman–Crippen MR) is 68.3 cm³/mol. The summed E-state index contributed by atoms with van der Waals surface area (Å²) in [4.78, 5) is 0. The molecule has 1 fully saturated rings. The molecule has 4 heteroatoms. The Balaban J connectivity index is 0.000000980. The molecular weight excluding hydrogens is 312 g/mol. The molecule has 1 N–H and O–H groups in total. The van der Waals surface area contributed by atoms with Crippen molar-refractivity contribution in [3.8, 4) is 5.75 Å². The fourth-order valence-electron chi connectivity index (χ4n) is 1.43. The van der Waals surface area contributed by atoms with Gasteiger partial charge in [-0.3, -0.25) is 0 Å². The lowest BCUT2D eigenvalue weighted by Gasteiger charge is -2.11. The molecule has 0 aliphatic carbocycles. The molecule has 0 aromatic heterocycles. The summed E-state index contributed by atoms with van der Waals surface area (Å²) in [6.07, 6.45) is 1.48. The van der Waals surface area contributed by atoms with Gasteiger partial charge < -0.3 is 10.1 Å². The Morgan fingerprint density at radius 2 is 2.00 bits per heavy atom. The molecule has 1 aliphatic rings. The van der Waals surface area contributed by atoms with Crippen LogP contribution in [0.25, 0.3) is 0 Å². The van der Waals surface area contributed by atoms with Crippen molar-refractivity contribution >= 4 is 35.0 Å². The van der Waals surface area contributed by atoms with Gasteiger partial charge in [-0.2, -0.15) is 0 Å². The summed E-state index contributed by atoms with van der Waals surface area (Å²) < 4.78 is 7.01. The Labute approximate surface area is 104 Å². The van der Waals surface area contributed by atoms with E-state index in [9.17, 15) is 0 Å². The van der Waals surface area contributed by atoms with E-state index in [0.717, 1.165) is 25.3 Å². The third-order valence-electron chi connectivity index (χ3n) is 2.13. The smallest absolute Gasteiger partial charge is 0.119 e. The van der Waals surface area contributed by atoms with Gasteiger partial charge in [0, 0.05) is 10.1 Å². The summed E-state index contributed by atoms with van der Waals surface area (Å²) in [6, 6.07) is 8.19. The Kier molecular flexibility index (Phi) is 4.98. The van der Waals surface area contributed by atoms with Crippen LogP contribution in [0.4, 0.5) is 0 Å². The molecule has 0 saturated carbocycles. The van der Waals surface area contributed by atoms with Gasteiger partial charge in [0.05, 0.1) is 0 Å². The normalized spacial score (nSPS) is 20.2.